The van der Waals surface area contributed by atoms with Gasteiger partial charge in [0.15, 0.2) is 0 Å². The van der Waals surface area contributed by atoms with E-state index in [4.69, 9.17) is 0 Å². The van der Waals surface area contributed by atoms with Gasteiger partial charge in [-0.15, -0.1) is 0 Å². The molecule has 4 aliphatic rings. The molecule has 3 saturated heterocycles. The molecule has 1 saturated carbocycles. The summed E-state index contributed by atoms with van der Waals surface area (Å²) in [5, 5.41) is 12.4. The Kier molecular flexibility index (Phi) is 3.96. The molecular weight excluding hydrogens is 256 g/mol. The minimum absolute atomic E-state index is 0.0177. The van der Waals surface area contributed by atoms with Crippen LogP contribution in [0.15, 0.2) is 0 Å². The average molecular weight is 280 g/mol. The molecule has 112 valence electrons. The number of fused-ring (bicyclic) bond motifs is 3. The van der Waals surface area contributed by atoms with Crippen molar-refractivity contribution >= 4 is 11.9 Å². The van der Waals surface area contributed by atoms with Crippen molar-refractivity contribution in [3.8, 4) is 0 Å². The Labute approximate surface area is 119 Å². The molecule has 0 aromatic heterocycles. The van der Waals surface area contributed by atoms with Crippen LogP contribution in [-0.4, -0.2) is 47.6 Å². The van der Waals surface area contributed by atoms with Crippen molar-refractivity contribution in [1.82, 2.24) is 10.2 Å². The third-order valence-electron chi connectivity index (χ3n) is 5.40. The molecule has 1 amide bonds. The number of hydrogen-bond acceptors (Lipinski definition) is 3. The lowest BCUT2D eigenvalue weighted by molar-refractivity contribution is -0.149. The van der Waals surface area contributed by atoms with Crippen LogP contribution in [0.4, 0.5) is 0 Å². The van der Waals surface area contributed by atoms with E-state index in [2.05, 4.69) is 10.2 Å². The Morgan fingerprint density at radius 2 is 1.65 bits per heavy atom. The third-order valence-corrected chi connectivity index (χ3v) is 5.40. The Bertz CT molecular complexity index is 391. The summed E-state index contributed by atoms with van der Waals surface area (Å²) in [5.41, 5.74) is 0. The van der Waals surface area contributed by atoms with Crippen LogP contribution in [0.1, 0.15) is 38.5 Å². The first-order valence-electron chi connectivity index (χ1n) is 7.90. The lowest BCUT2D eigenvalue weighted by Gasteiger charge is -2.45. The van der Waals surface area contributed by atoms with Gasteiger partial charge in [-0.1, -0.05) is 12.8 Å². The predicted octanol–water partition coefficient (Wildman–Crippen LogP) is 1.09. The maximum Gasteiger partial charge on any atom is 0.307 e. The molecule has 2 bridgehead atoms. The Morgan fingerprint density at radius 3 is 2.20 bits per heavy atom. The molecule has 1 unspecified atom stereocenters. The summed E-state index contributed by atoms with van der Waals surface area (Å²) in [5.74, 6) is -1.04. The lowest BCUT2D eigenvalue weighted by atomic mass is 9.78. The summed E-state index contributed by atoms with van der Waals surface area (Å²) in [6.07, 6.45) is 5.61. The van der Waals surface area contributed by atoms with Crippen LogP contribution in [0.3, 0.4) is 0 Å². The summed E-state index contributed by atoms with van der Waals surface area (Å²) >= 11 is 0. The molecule has 4 fully saturated rings. The number of rotatable bonds is 3. The second-order valence-corrected chi connectivity index (χ2v) is 6.59. The highest BCUT2D eigenvalue weighted by atomic mass is 16.4. The minimum Gasteiger partial charge on any atom is -0.481 e. The molecule has 0 spiro atoms. The van der Waals surface area contributed by atoms with Crippen LogP contribution < -0.4 is 5.32 Å². The number of carboxylic acid groups (broad SMARTS) is 1. The van der Waals surface area contributed by atoms with Crippen LogP contribution in [0.5, 0.6) is 0 Å². The largest absolute Gasteiger partial charge is 0.481 e. The number of piperidine rings is 3. The van der Waals surface area contributed by atoms with Gasteiger partial charge in [-0.05, 0) is 44.7 Å². The number of hydrogen-bond donors (Lipinski definition) is 2. The maximum atomic E-state index is 12.5. The van der Waals surface area contributed by atoms with E-state index in [1.165, 1.54) is 0 Å². The van der Waals surface area contributed by atoms with Crippen molar-refractivity contribution in [2.45, 2.75) is 44.6 Å². The molecular formula is C15H24N2O3. The van der Waals surface area contributed by atoms with E-state index < -0.39 is 11.9 Å². The van der Waals surface area contributed by atoms with Crippen LogP contribution in [0.2, 0.25) is 0 Å². The second kappa shape index (κ2) is 5.72. The fraction of sp³-hybridized carbons (Fsp3) is 0.867. The molecule has 0 aromatic rings. The van der Waals surface area contributed by atoms with Gasteiger partial charge in [-0.3, -0.25) is 9.59 Å². The van der Waals surface area contributed by atoms with Crippen molar-refractivity contribution < 1.29 is 14.7 Å². The molecule has 0 radical (unpaired) electrons. The fourth-order valence-electron chi connectivity index (χ4n) is 4.16. The number of carbonyl (C=O) groups excluding carboxylic acids is 1. The van der Waals surface area contributed by atoms with E-state index in [0.29, 0.717) is 12.3 Å². The second-order valence-electron chi connectivity index (χ2n) is 6.59. The standard InChI is InChI=1S/C15H24N2O3/c18-14(11-3-1-2-4-12(11)15(19)20)16-13-9-17-7-5-10(13)6-8-17/h10-13H,1-9H2,(H,16,18)(H,19,20)/t11-,12+,13?/m1/s1. The van der Waals surface area contributed by atoms with Gasteiger partial charge in [0.2, 0.25) is 5.91 Å². The summed E-state index contributed by atoms with van der Waals surface area (Å²) in [6, 6.07) is 0.237. The fourth-order valence-corrected chi connectivity index (χ4v) is 4.16. The van der Waals surface area contributed by atoms with Gasteiger partial charge in [0.05, 0.1) is 11.8 Å². The highest BCUT2D eigenvalue weighted by Gasteiger charge is 2.39. The zero-order valence-electron chi connectivity index (χ0n) is 11.9. The Balaban J connectivity index is 1.61. The lowest BCUT2D eigenvalue weighted by Crippen LogP contribution is -2.58. The summed E-state index contributed by atoms with van der Waals surface area (Å²) < 4.78 is 0. The van der Waals surface area contributed by atoms with Crippen molar-refractivity contribution in [1.29, 1.82) is 0 Å². The molecule has 4 rings (SSSR count). The molecule has 20 heavy (non-hydrogen) atoms. The normalized spacial score (nSPS) is 40.3. The van der Waals surface area contributed by atoms with Gasteiger partial charge in [0, 0.05) is 12.6 Å². The SMILES string of the molecule is O=C(O)[C@H]1CCCC[C@H]1C(=O)NC1CN2CCC1CC2. The van der Waals surface area contributed by atoms with E-state index >= 15 is 0 Å². The van der Waals surface area contributed by atoms with Gasteiger partial charge < -0.3 is 15.3 Å². The summed E-state index contributed by atoms with van der Waals surface area (Å²) in [7, 11) is 0. The number of nitrogens with zero attached hydrogens (tertiary/aromatic N) is 1. The number of carboxylic acids is 1. The first-order valence-corrected chi connectivity index (χ1v) is 7.90. The van der Waals surface area contributed by atoms with Crippen molar-refractivity contribution in [3.63, 3.8) is 0 Å². The Morgan fingerprint density at radius 1 is 1.00 bits per heavy atom. The maximum absolute atomic E-state index is 12.5. The topological polar surface area (TPSA) is 69.6 Å². The van der Waals surface area contributed by atoms with Crippen molar-refractivity contribution in [2.75, 3.05) is 19.6 Å². The predicted molar refractivity (Wildman–Crippen MR) is 74.2 cm³/mol. The van der Waals surface area contributed by atoms with Crippen LogP contribution in [-0.2, 0) is 9.59 Å². The number of aliphatic carboxylic acids is 1. The van der Waals surface area contributed by atoms with Crippen molar-refractivity contribution in [3.05, 3.63) is 0 Å². The first kappa shape index (κ1) is 13.9. The van der Waals surface area contributed by atoms with Gasteiger partial charge in [0.1, 0.15) is 0 Å². The van der Waals surface area contributed by atoms with Gasteiger partial charge in [-0.25, -0.2) is 0 Å². The molecule has 2 N–H and O–H groups in total. The van der Waals surface area contributed by atoms with Gasteiger partial charge in [-0.2, -0.15) is 0 Å². The van der Waals surface area contributed by atoms with Gasteiger partial charge in [0.25, 0.3) is 0 Å². The number of carbonyl (C=O) groups is 2. The smallest absolute Gasteiger partial charge is 0.307 e. The Hall–Kier alpha value is -1.10. The summed E-state index contributed by atoms with van der Waals surface area (Å²) in [4.78, 5) is 26.2. The van der Waals surface area contributed by atoms with Gasteiger partial charge >= 0.3 is 5.97 Å². The van der Waals surface area contributed by atoms with Crippen LogP contribution in [0, 0.1) is 17.8 Å². The summed E-state index contributed by atoms with van der Waals surface area (Å²) in [6.45, 7) is 3.25. The zero-order valence-corrected chi connectivity index (χ0v) is 11.9. The van der Waals surface area contributed by atoms with E-state index in [1.807, 2.05) is 0 Å². The minimum atomic E-state index is -0.807. The van der Waals surface area contributed by atoms with E-state index in [-0.39, 0.29) is 17.9 Å². The first-order chi connectivity index (χ1) is 9.65. The van der Waals surface area contributed by atoms with Crippen LogP contribution in [0.25, 0.3) is 0 Å². The zero-order chi connectivity index (χ0) is 14.1. The van der Waals surface area contributed by atoms with E-state index in [0.717, 1.165) is 51.7 Å². The highest BCUT2D eigenvalue weighted by molar-refractivity contribution is 5.85. The monoisotopic (exact) mass is 280 g/mol. The quantitative estimate of drug-likeness (QED) is 0.812. The number of amides is 1. The molecule has 5 heteroatoms. The average Bonchev–Trinajstić information content (AvgIpc) is 2.48. The molecule has 0 aromatic carbocycles. The molecule has 3 atom stereocenters. The molecule has 3 heterocycles. The molecule has 1 aliphatic carbocycles. The highest BCUT2D eigenvalue weighted by Crippen LogP contribution is 2.32. The van der Waals surface area contributed by atoms with E-state index in [1.54, 1.807) is 0 Å². The van der Waals surface area contributed by atoms with Crippen molar-refractivity contribution in [2.24, 2.45) is 17.8 Å². The van der Waals surface area contributed by atoms with E-state index in [9.17, 15) is 14.7 Å². The third kappa shape index (κ3) is 2.68. The molecule has 5 nitrogen and oxygen atoms in total. The van der Waals surface area contributed by atoms with Crippen LogP contribution >= 0.6 is 0 Å². The number of nitrogens with one attached hydrogen (secondary N) is 1. The molecule has 3 aliphatic heterocycles.